The van der Waals surface area contributed by atoms with E-state index in [1.807, 2.05) is 44.2 Å². The summed E-state index contributed by atoms with van der Waals surface area (Å²) in [5.41, 5.74) is -0.238. The van der Waals surface area contributed by atoms with Crippen molar-refractivity contribution in [1.29, 1.82) is 0 Å². The summed E-state index contributed by atoms with van der Waals surface area (Å²) in [7, 11) is 0. The molecular weight excluding hydrogens is 392 g/mol. The summed E-state index contributed by atoms with van der Waals surface area (Å²) >= 11 is 0. The van der Waals surface area contributed by atoms with Gasteiger partial charge in [0.05, 0.1) is 33.0 Å². The first-order chi connectivity index (χ1) is 14.2. The third-order valence-corrected chi connectivity index (χ3v) is 5.38. The Morgan fingerprint density at radius 1 is 1.00 bits per heavy atom. The van der Waals surface area contributed by atoms with Gasteiger partial charge in [0, 0.05) is 0 Å². The highest BCUT2D eigenvalue weighted by atomic mass is 16.8. The second kappa shape index (κ2) is 8.18. The molecule has 3 fully saturated rings. The lowest BCUT2D eigenvalue weighted by molar-refractivity contribution is -0.212. The van der Waals surface area contributed by atoms with Gasteiger partial charge in [0.1, 0.15) is 12.2 Å². The van der Waals surface area contributed by atoms with Gasteiger partial charge in [0.25, 0.3) is 0 Å². The summed E-state index contributed by atoms with van der Waals surface area (Å²) in [5, 5.41) is 0. The Kier molecular flexibility index (Phi) is 5.91. The van der Waals surface area contributed by atoms with E-state index in [4.69, 9.17) is 33.2 Å². The van der Waals surface area contributed by atoms with Crippen LogP contribution in [-0.4, -0.2) is 67.9 Å². The topological polar surface area (TPSA) is 81.7 Å². The van der Waals surface area contributed by atoms with Crippen LogP contribution in [0.2, 0.25) is 0 Å². The number of hydrogen-bond acceptors (Lipinski definition) is 8. The number of benzene rings is 1. The predicted molar refractivity (Wildman–Crippen MR) is 104 cm³/mol. The van der Waals surface area contributed by atoms with Crippen molar-refractivity contribution in [3.8, 4) is 0 Å². The van der Waals surface area contributed by atoms with E-state index in [1.54, 1.807) is 13.8 Å². The van der Waals surface area contributed by atoms with Crippen LogP contribution in [-0.2, 0) is 44.6 Å². The van der Waals surface area contributed by atoms with Gasteiger partial charge in [-0.05, 0) is 33.3 Å². The maximum atomic E-state index is 12.9. The molecule has 0 radical (unpaired) electrons. The zero-order chi connectivity index (χ0) is 21.4. The lowest BCUT2D eigenvalue weighted by Crippen LogP contribution is -2.50. The summed E-state index contributed by atoms with van der Waals surface area (Å²) in [6, 6.07) is 9.90. The van der Waals surface area contributed by atoms with Crippen molar-refractivity contribution in [3.05, 3.63) is 35.9 Å². The van der Waals surface area contributed by atoms with Crippen LogP contribution in [0.25, 0.3) is 0 Å². The molecule has 166 valence electrons. The molecule has 0 saturated carbocycles. The average Bonchev–Trinajstić information content (AvgIpc) is 3.27. The van der Waals surface area contributed by atoms with Crippen LogP contribution in [0.3, 0.4) is 0 Å². The average molecular weight is 422 g/mol. The van der Waals surface area contributed by atoms with Crippen LogP contribution in [0, 0.1) is 0 Å². The molecule has 3 saturated heterocycles. The molecule has 3 aliphatic rings. The molecular formula is C22H30O8. The number of rotatable bonds is 8. The fraction of sp³-hybridized carbons (Fsp3) is 0.682. The molecule has 8 nitrogen and oxygen atoms in total. The summed E-state index contributed by atoms with van der Waals surface area (Å²) in [5.74, 6) is -2.17. The fourth-order valence-corrected chi connectivity index (χ4v) is 4.12. The quantitative estimate of drug-likeness (QED) is 0.466. The first-order valence-corrected chi connectivity index (χ1v) is 10.3. The van der Waals surface area contributed by atoms with Crippen molar-refractivity contribution in [1.82, 2.24) is 0 Å². The zero-order valence-electron chi connectivity index (χ0n) is 17.9. The first-order valence-electron chi connectivity index (χ1n) is 10.3. The van der Waals surface area contributed by atoms with Crippen LogP contribution in [0.15, 0.2) is 30.3 Å². The summed E-state index contributed by atoms with van der Waals surface area (Å²) < 4.78 is 40.7. The van der Waals surface area contributed by atoms with Gasteiger partial charge in [-0.3, -0.25) is 0 Å². The Bertz CT molecular complexity index is 749. The maximum Gasteiger partial charge on any atom is 0.344 e. The van der Waals surface area contributed by atoms with Gasteiger partial charge in [-0.25, -0.2) is 4.79 Å². The molecule has 3 aliphatic heterocycles. The van der Waals surface area contributed by atoms with Crippen molar-refractivity contribution in [2.75, 3.05) is 26.4 Å². The summed E-state index contributed by atoms with van der Waals surface area (Å²) in [6.07, 6.45) is -1.70. The molecule has 0 amide bonds. The Labute approximate surface area is 176 Å². The van der Waals surface area contributed by atoms with Crippen molar-refractivity contribution in [3.63, 3.8) is 0 Å². The van der Waals surface area contributed by atoms with Crippen LogP contribution in [0.4, 0.5) is 0 Å². The van der Waals surface area contributed by atoms with Gasteiger partial charge in [0.2, 0.25) is 5.60 Å². The Morgan fingerprint density at radius 3 is 2.43 bits per heavy atom. The molecule has 4 rings (SSSR count). The van der Waals surface area contributed by atoms with Crippen LogP contribution < -0.4 is 0 Å². The summed E-state index contributed by atoms with van der Waals surface area (Å²) in [4.78, 5) is 12.9. The van der Waals surface area contributed by atoms with Gasteiger partial charge >= 0.3 is 5.97 Å². The van der Waals surface area contributed by atoms with E-state index >= 15 is 0 Å². The predicted octanol–water partition coefficient (Wildman–Crippen LogP) is 2.19. The fourth-order valence-electron chi connectivity index (χ4n) is 4.12. The highest BCUT2D eigenvalue weighted by Crippen LogP contribution is 2.46. The van der Waals surface area contributed by atoms with E-state index in [-0.39, 0.29) is 6.61 Å². The molecule has 0 aromatic heterocycles. The monoisotopic (exact) mass is 422 g/mol. The molecule has 0 spiro atoms. The van der Waals surface area contributed by atoms with Crippen molar-refractivity contribution >= 4 is 5.97 Å². The highest BCUT2D eigenvalue weighted by molar-refractivity contribution is 5.84. The SMILES string of the molecule is CC1(C)OC[C@H]([C@H]2OC(=O)[C@@]3(COCCOCc4ccccc4)OC(C)(C)O[C@@H]23)O1. The molecule has 0 bridgehead atoms. The minimum Gasteiger partial charge on any atom is -0.454 e. The standard InChI is InChI=1S/C22H30O8/c1-20(2)26-13-16(28-20)17-18-22(19(23)27-17,30-21(3,4)29-18)14-25-11-10-24-12-15-8-6-5-7-9-15/h5-9,16-18H,10-14H2,1-4H3/t16-,17-,18+,22+/m1/s1. The van der Waals surface area contributed by atoms with Gasteiger partial charge < -0.3 is 33.2 Å². The highest BCUT2D eigenvalue weighted by Gasteiger charge is 2.69. The lowest BCUT2D eigenvalue weighted by atomic mass is 9.94. The molecule has 0 unspecified atom stereocenters. The van der Waals surface area contributed by atoms with E-state index in [1.165, 1.54) is 0 Å². The number of fused-ring (bicyclic) bond motifs is 1. The lowest BCUT2D eigenvalue weighted by Gasteiger charge is -2.25. The van der Waals surface area contributed by atoms with E-state index in [0.717, 1.165) is 5.56 Å². The number of carbonyl (C=O) groups is 1. The van der Waals surface area contributed by atoms with Crippen molar-refractivity contribution < 1.29 is 38.0 Å². The van der Waals surface area contributed by atoms with E-state index in [2.05, 4.69) is 0 Å². The molecule has 0 N–H and O–H groups in total. The molecule has 30 heavy (non-hydrogen) atoms. The minimum absolute atomic E-state index is 0.0160. The van der Waals surface area contributed by atoms with Gasteiger partial charge in [-0.1, -0.05) is 30.3 Å². The zero-order valence-corrected chi connectivity index (χ0v) is 17.9. The number of esters is 1. The molecule has 4 atom stereocenters. The number of cyclic esters (lactones) is 1. The molecule has 0 aliphatic carbocycles. The van der Waals surface area contributed by atoms with Gasteiger partial charge in [0.15, 0.2) is 17.7 Å². The maximum absolute atomic E-state index is 12.9. The van der Waals surface area contributed by atoms with Crippen molar-refractivity contribution in [2.45, 2.75) is 69.8 Å². The van der Waals surface area contributed by atoms with E-state index in [9.17, 15) is 4.79 Å². The smallest absolute Gasteiger partial charge is 0.344 e. The third kappa shape index (κ3) is 4.39. The van der Waals surface area contributed by atoms with E-state index < -0.39 is 41.5 Å². The Hall–Kier alpha value is -1.55. The van der Waals surface area contributed by atoms with Gasteiger partial charge in [-0.15, -0.1) is 0 Å². The molecule has 1 aromatic rings. The number of carbonyl (C=O) groups excluding carboxylic acids is 1. The largest absolute Gasteiger partial charge is 0.454 e. The minimum atomic E-state index is -1.33. The molecule has 3 heterocycles. The third-order valence-electron chi connectivity index (χ3n) is 5.38. The Morgan fingerprint density at radius 2 is 1.73 bits per heavy atom. The van der Waals surface area contributed by atoms with Crippen LogP contribution >= 0.6 is 0 Å². The van der Waals surface area contributed by atoms with Crippen LogP contribution in [0.1, 0.15) is 33.3 Å². The molecule has 8 heteroatoms. The Balaban J connectivity index is 1.34. The summed E-state index contributed by atoms with van der Waals surface area (Å²) in [6.45, 7) is 8.75. The first kappa shape index (κ1) is 21.7. The van der Waals surface area contributed by atoms with E-state index in [0.29, 0.717) is 26.4 Å². The number of ether oxygens (including phenoxy) is 7. The van der Waals surface area contributed by atoms with Crippen LogP contribution in [0.5, 0.6) is 0 Å². The second-order valence-corrected chi connectivity index (χ2v) is 8.76. The van der Waals surface area contributed by atoms with Crippen molar-refractivity contribution in [2.24, 2.45) is 0 Å². The molecule has 1 aromatic carbocycles. The normalized spacial score (nSPS) is 34.1. The number of hydrogen-bond donors (Lipinski definition) is 0. The van der Waals surface area contributed by atoms with Gasteiger partial charge in [-0.2, -0.15) is 0 Å². The second-order valence-electron chi connectivity index (χ2n) is 8.76.